The van der Waals surface area contributed by atoms with Crippen molar-refractivity contribution in [2.24, 2.45) is 0 Å². The summed E-state index contributed by atoms with van der Waals surface area (Å²) < 4.78 is 23.2. The van der Waals surface area contributed by atoms with Crippen LogP contribution in [0.1, 0.15) is 80.9 Å². The maximum Gasteiger partial charge on any atom is 0.410 e. The Morgan fingerprint density at radius 2 is 1.18 bits per heavy atom. The molecule has 4 fully saturated rings. The zero-order valence-electron chi connectivity index (χ0n) is 30.5. The van der Waals surface area contributed by atoms with Crippen molar-refractivity contribution in [3.05, 3.63) is 49.3 Å². The molecule has 2 aromatic rings. The van der Waals surface area contributed by atoms with Gasteiger partial charge in [-0.1, -0.05) is 0 Å². The summed E-state index contributed by atoms with van der Waals surface area (Å²) in [4.78, 5) is 37.9. The third-order valence-corrected chi connectivity index (χ3v) is 11.5. The molecular weight excluding hydrogens is 663 g/mol. The van der Waals surface area contributed by atoms with Crippen LogP contribution >= 0.6 is 22.7 Å². The molecule has 2 aromatic heterocycles. The number of thiophene rings is 2. The summed E-state index contributed by atoms with van der Waals surface area (Å²) in [6, 6.07) is 0.472. The minimum atomic E-state index is -0.473. The van der Waals surface area contributed by atoms with Gasteiger partial charge in [0, 0.05) is 57.2 Å². The summed E-state index contributed by atoms with van der Waals surface area (Å²) in [6.45, 7) is 32.3. The summed E-state index contributed by atoms with van der Waals surface area (Å²) in [5.74, 6) is 0. The molecule has 6 heterocycles. The maximum absolute atomic E-state index is 12.3. The van der Waals surface area contributed by atoms with Crippen LogP contribution in [0.4, 0.5) is 14.6 Å². The van der Waals surface area contributed by atoms with E-state index in [-0.39, 0.29) is 36.5 Å². The van der Waals surface area contributed by atoms with Crippen molar-refractivity contribution >= 4 is 39.9 Å². The monoisotopic (exact) mass is 715 g/mol. The second-order valence-corrected chi connectivity index (χ2v) is 17.3. The van der Waals surface area contributed by atoms with Gasteiger partial charge in [0.2, 0.25) is 5.00 Å². The second kappa shape index (κ2) is 15.3. The van der Waals surface area contributed by atoms with Crippen LogP contribution in [0.25, 0.3) is 4.85 Å². The molecule has 11 nitrogen and oxygen atoms in total. The van der Waals surface area contributed by atoms with Gasteiger partial charge in [0.25, 0.3) is 0 Å². The number of carbonyl (C=O) groups is 2. The van der Waals surface area contributed by atoms with Crippen molar-refractivity contribution in [1.82, 2.24) is 19.6 Å². The van der Waals surface area contributed by atoms with Gasteiger partial charge in [-0.3, -0.25) is 9.80 Å². The predicted molar refractivity (Wildman–Crippen MR) is 193 cm³/mol. The van der Waals surface area contributed by atoms with E-state index in [0.717, 1.165) is 48.9 Å². The lowest BCUT2D eigenvalue weighted by Crippen LogP contribution is -2.60. The molecule has 0 saturated carbocycles. The van der Waals surface area contributed by atoms with Gasteiger partial charge in [0.1, 0.15) is 11.2 Å². The fraction of sp³-hybridized carbons (Fsp3) is 0.694. The summed E-state index contributed by atoms with van der Waals surface area (Å²) in [5.41, 5.74) is 3.93. The highest BCUT2D eigenvalue weighted by atomic mass is 32.1. The molecule has 0 unspecified atom stereocenters. The highest BCUT2D eigenvalue weighted by Gasteiger charge is 2.39. The smallest absolute Gasteiger partial charge is 0.410 e. The highest BCUT2D eigenvalue weighted by molar-refractivity contribution is 7.14. The molecule has 0 N–H and O–H groups in total. The SMILES string of the molecule is Cc1scc([C@@H]2CN3CCN(C(=O)OC(C)(C)C)C[C@H]3CO2)c1C.[C-]#[N+]c1scc([C@H]2CN3CCN(C(=O)OC(C)(C)C)C[C@H]3CO2)c1C. The molecular formula is C36H53N5O6S2. The molecule has 4 aliphatic rings. The van der Waals surface area contributed by atoms with Crippen molar-refractivity contribution in [2.75, 3.05) is 65.6 Å². The van der Waals surface area contributed by atoms with Crippen LogP contribution in [0.15, 0.2) is 10.8 Å². The minimum absolute atomic E-state index is 0.0103. The third kappa shape index (κ3) is 9.34. The molecule has 4 atom stereocenters. The van der Waals surface area contributed by atoms with Crippen molar-refractivity contribution in [1.29, 1.82) is 0 Å². The molecule has 4 saturated heterocycles. The number of amides is 2. The first-order chi connectivity index (χ1) is 23.0. The van der Waals surface area contributed by atoms with Crippen LogP contribution in [-0.2, 0) is 18.9 Å². The molecule has 0 spiro atoms. The zero-order valence-corrected chi connectivity index (χ0v) is 32.2. The molecule has 6 rings (SSSR count). The standard InChI is InChI=1S/C18H25N3O3S.C18H28N2O3S/c1-12-14(11-25-16(12)19-5)15-9-20-6-7-21(8-13(20)10-23-15)17(22)24-18(2,3)4;1-12-13(2)24-11-15(12)16-9-19-6-7-20(8-14(19)10-22-16)17(21)23-18(3,4)5/h11,13,15H,6-10H2,1-4H3;11,14,16H,6-10H2,1-5H3/t13-,15+;14-,16-/m00/s1. The van der Waals surface area contributed by atoms with Crippen molar-refractivity contribution < 1.29 is 28.5 Å². The highest BCUT2D eigenvalue weighted by Crippen LogP contribution is 2.37. The van der Waals surface area contributed by atoms with Crippen LogP contribution in [0, 0.1) is 27.3 Å². The number of nitrogens with zero attached hydrogens (tertiary/aromatic N) is 5. The van der Waals surface area contributed by atoms with Gasteiger partial charge in [-0.05, 0) is 95.3 Å². The number of rotatable bonds is 2. The first-order valence-corrected chi connectivity index (χ1v) is 19.0. The van der Waals surface area contributed by atoms with E-state index in [2.05, 4.69) is 33.9 Å². The second-order valence-electron chi connectivity index (χ2n) is 15.4. The van der Waals surface area contributed by atoms with Gasteiger partial charge in [-0.25, -0.2) is 14.4 Å². The summed E-state index contributed by atoms with van der Waals surface area (Å²) in [7, 11) is 0. The average molecular weight is 716 g/mol. The number of hydrogen-bond donors (Lipinski definition) is 0. The molecule has 270 valence electrons. The van der Waals surface area contributed by atoms with Gasteiger partial charge in [-0.15, -0.1) is 11.3 Å². The van der Waals surface area contributed by atoms with Crippen LogP contribution in [0.3, 0.4) is 0 Å². The molecule has 2 amide bonds. The Hall–Kier alpha value is -2.73. The third-order valence-electron chi connectivity index (χ3n) is 9.46. The fourth-order valence-electron chi connectivity index (χ4n) is 6.63. The number of carbonyl (C=O) groups excluding carboxylic acids is 2. The fourth-order valence-corrected chi connectivity index (χ4v) is 8.47. The van der Waals surface area contributed by atoms with E-state index in [4.69, 9.17) is 25.5 Å². The summed E-state index contributed by atoms with van der Waals surface area (Å²) >= 11 is 3.28. The Labute approximate surface area is 299 Å². The first-order valence-electron chi connectivity index (χ1n) is 17.2. The van der Waals surface area contributed by atoms with E-state index in [0.29, 0.717) is 32.8 Å². The quantitative estimate of drug-likeness (QED) is 0.309. The number of hydrogen-bond acceptors (Lipinski definition) is 10. The number of morpholine rings is 2. The normalized spacial score (nSPS) is 25.0. The number of aryl methyl sites for hydroxylation is 1. The summed E-state index contributed by atoms with van der Waals surface area (Å²) in [5, 5.41) is 5.02. The molecule has 0 aliphatic carbocycles. The number of ether oxygens (including phenoxy) is 4. The first kappa shape index (κ1) is 37.5. The van der Waals surface area contributed by atoms with Crippen LogP contribution in [0.5, 0.6) is 0 Å². The van der Waals surface area contributed by atoms with E-state index in [1.165, 1.54) is 27.3 Å². The lowest BCUT2D eigenvalue weighted by Gasteiger charge is -2.46. The van der Waals surface area contributed by atoms with Gasteiger partial charge in [0.15, 0.2) is 0 Å². The average Bonchev–Trinajstić information content (AvgIpc) is 3.58. The van der Waals surface area contributed by atoms with Crippen LogP contribution in [-0.4, -0.2) is 121 Å². The Bertz CT molecular complexity index is 1520. The molecule has 49 heavy (non-hydrogen) atoms. The van der Waals surface area contributed by atoms with Crippen molar-refractivity contribution in [3.8, 4) is 0 Å². The van der Waals surface area contributed by atoms with Gasteiger partial charge in [0.05, 0.1) is 44.1 Å². The van der Waals surface area contributed by atoms with Crippen LogP contribution in [0.2, 0.25) is 0 Å². The molecule has 0 aromatic carbocycles. The van der Waals surface area contributed by atoms with Crippen LogP contribution < -0.4 is 0 Å². The topological polar surface area (TPSA) is 88.4 Å². The largest absolute Gasteiger partial charge is 0.444 e. The number of fused-ring (bicyclic) bond motifs is 2. The number of piperazine rings is 2. The van der Waals surface area contributed by atoms with Gasteiger partial charge in [-0.2, -0.15) is 11.3 Å². The lowest BCUT2D eigenvalue weighted by atomic mass is 10.0. The van der Waals surface area contributed by atoms with E-state index in [1.54, 1.807) is 16.2 Å². The Morgan fingerprint density at radius 1 is 0.735 bits per heavy atom. The van der Waals surface area contributed by atoms with Gasteiger partial charge < -0.3 is 28.7 Å². The Kier molecular flexibility index (Phi) is 11.7. The van der Waals surface area contributed by atoms with E-state index in [9.17, 15) is 9.59 Å². The molecule has 0 radical (unpaired) electrons. The Morgan fingerprint density at radius 3 is 1.57 bits per heavy atom. The van der Waals surface area contributed by atoms with Crippen molar-refractivity contribution in [3.63, 3.8) is 0 Å². The van der Waals surface area contributed by atoms with E-state index < -0.39 is 11.2 Å². The van der Waals surface area contributed by atoms with E-state index in [1.807, 2.05) is 58.7 Å². The van der Waals surface area contributed by atoms with Crippen molar-refractivity contribution in [2.45, 2.75) is 97.8 Å². The molecule has 0 bridgehead atoms. The molecule has 4 aliphatic heterocycles. The van der Waals surface area contributed by atoms with Gasteiger partial charge >= 0.3 is 12.2 Å². The minimum Gasteiger partial charge on any atom is -0.444 e. The maximum atomic E-state index is 12.3. The Balaban J connectivity index is 0.000000191. The zero-order chi connectivity index (χ0) is 35.7. The predicted octanol–water partition coefficient (Wildman–Crippen LogP) is 6.96. The van der Waals surface area contributed by atoms with E-state index >= 15 is 0 Å². The lowest BCUT2D eigenvalue weighted by molar-refractivity contribution is -0.0908. The summed E-state index contributed by atoms with van der Waals surface area (Å²) in [6.07, 6.45) is -0.298. The molecule has 13 heteroatoms.